The molecule has 2 aliphatic rings. The molecule has 1 heterocycles. The summed E-state index contributed by atoms with van der Waals surface area (Å²) in [6, 6.07) is 0. The summed E-state index contributed by atoms with van der Waals surface area (Å²) >= 11 is 0. The van der Waals surface area contributed by atoms with Crippen molar-refractivity contribution in [2.45, 2.75) is 44.9 Å². The molecule has 104 valence electrons. The van der Waals surface area contributed by atoms with Crippen molar-refractivity contribution in [3.05, 3.63) is 0 Å². The van der Waals surface area contributed by atoms with Crippen LogP contribution in [0.2, 0.25) is 0 Å². The number of hydrogen-bond acceptors (Lipinski definition) is 4. The van der Waals surface area contributed by atoms with E-state index in [2.05, 4.69) is 15.6 Å². The Hall–Kier alpha value is -0.770. The fourth-order valence-corrected chi connectivity index (χ4v) is 3.06. The Kier molecular flexibility index (Phi) is 5.29. The normalized spacial score (nSPS) is 23.1. The number of guanidine groups is 1. The maximum atomic E-state index is 5.29. The van der Waals surface area contributed by atoms with Crippen molar-refractivity contribution >= 4 is 5.96 Å². The third-order valence-corrected chi connectivity index (χ3v) is 4.28. The number of nitrogens with one attached hydrogen (secondary N) is 2. The van der Waals surface area contributed by atoms with Crippen LogP contribution in [0.3, 0.4) is 0 Å². The molecule has 2 rings (SSSR count). The van der Waals surface area contributed by atoms with Gasteiger partial charge in [-0.25, -0.2) is 0 Å². The number of aliphatic imine (C=N–C) groups is 1. The lowest BCUT2D eigenvalue weighted by Gasteiger charge is -2.38. The molecule has 1 saturated carbocycles. The first-order valence-corrected chi connectivity index (χ1v) is 7.36. The molecular weight excluding hydrogens is 226 g/mol. The van der Waals surface area contributed by atoms with Gasteiger partial charge in [-0.3, -0.25) is 4.99 Å². The standard InChI is InChI=1S/C14H27N3O/c1-18-11-8-14(6-3-2-4-7-14)12-17-13-15-9-5-10-16-13/h2-12H2,1H3,(H2,15,16,17). The SMILES string of the molecule is COCCC1(CNC2=NCCCN2)CCCCC1. The second kappa shape index (κ2) is 6.98. The summed E-state index contributed by atoms with van der Waals surface area (Å²) in [6.45, 7) is 3.93. The van der Waals surface area contributed by atoms with Crippen LogP contribution < -0.4 is 10.6 Å². The van der Waals surface area contributed by atoms with E-state index in [9.17, 15) is 0 Å². The van der Waals surface area contributed by atoms with Gasteiger partial charge in [-0.15, -0.1) is 0 Å². The van der Waals surface area contributed by atoms with E-state index in [0.717, 1.165) is 38.6 Å². The van der Waals surface area contributed by atoms with E-state index in [-0.39, 0.29) is 0 Å². The van der Waals surface area contributed by atoms with Gasteiger partial charge in [0.2, 0.25) is 0 Å². The highest BCUT2D eigenvalue weighted by Gasteiger charge is 2.31. The fourth-order valence-electron chi connectivity index (χ4n) is 3.06. The molecule has 4 nitrogen and oxygen atoms in total. The Morgan fingerprint density at radius 2 is 2.11 bits per heavy atom. The molecule has 1 aliphatic heterocycles. The number of rotatable bonds is 5. The van der Waals surface area contributed by atoms with Crippen LogP contribution in [0, 0.1) is 5.41 Å². The molecule has 0 amide bonds. The minimum atomic E-state index is 0.426. The van der Waals surface area contributed by atoms with Crippen LogP contribution in [0.15, 0.2) is 4.99 Å². The van der Waals surface area contributed by atoms with Crippen molar-refractivity contribution < 1.29 is 4.74 Å². The topological polar surface area (TPSA) is 45.6 Å². The van der Waals surface area contributed by atoms with Gasteiger partial charge < -0.3 is 15.4 Å². The van der Waals surface area contributed by atoms with Crippen LogP contribution >= 0.6 is 0 Å². The maximum absolute atomic E-state index is 5.29. The molecular formula is C14H27N3O. The van der Waals surface area contributed by atoms with Gasteiger partial charge in [-0.05, 0) is 31.1 Å². The summed E-state index contributed by atoms with van der Waals surface area (Å²) < 4.78 is 5.29. The lowest BCUT2D eigenvalue weighted by atomic mass is 9.72. The zero-order valence-electron chi connectivity index (χ0n) is 11.6. The van der Waals surface area contributed by atoms with Crippen LogP contribution in [0.25, 0.3) is 0 Å². The molecule has 4 heteroatoms. The first-order valence-electron chi connectivity index (χ1n) is 7.36. The average Bonchev–Trinajstić information content (AvgIpc) is 2.45. The van der Waals surface area contributed by atoms with E-state index in [1.807, 2.05) is 0 Å². The summed E-state index contributed by atoms with van der Waals surface area (Å²) in [5, 5.41) is 6.86. The monoisotopic (exact) mass is 253 g/mol. The summed E-state index contributed by atoms with van der Waals surface area (Å²) in [5.74, 6) is 1.00. The van der Waals surface area contributed by atoms with E-state index in [0.29, 0.717) is 5.41 Å². The predicted molar refractivity (Wildman–Crippen MR) is 74.9 cm³/mol. The molecule has 0 unspecified atom stereocenters. The second-order valence-corrected chi connectivity index (χ2v) is 5.67. The van der Waals surface area contributed by atoms with Gasteiger partial charge in [0.05, 0.1) is 0 Å². The minimum absolute atomic E-state index is 0.426. The lowest BCUT2D eigenvalue weighted by molar-refractivity contribution is 0.105. The third-order valence-electron chi connectivity index (χ3n) is 4.28. The second-order valence-electron chi connectivity index (χ2n) is 5.67. The minimum Gasteiger partial charge on any atom is -0.385 e. The molecule has 0 spiro atoms. The molecule has 0 saturated heterocycles. The van der Waals surface area contributed by atoms with E-state index < -0.39 is 0 Å². The van der Waals surface area contributed by atoms with Crippen LogP contribution in [-0.2, 0) is 4.74 Å². The molecule has 1 fully saturated rings. The molecule has 0 radical (unpaired) electrons. The van der Waals surface area contributed by atoms with Gasteiger partial charge >= 0.3 is 0 Å². The Morgan fingerprint density at radius 1 is 1.28 bits per heavy atom. The highest BCUT2D eigenvalue weighted by atomic mass is 16.5. The summed E-state index contributed by atoms with van der Waals surface area (Å²) in [4.78, 5) is 4.49. The number of methoxy groups -OCH3 is 1. The molecule has 0 bridgehead atoms. The van der Waals surface area contributed by atoms with Gasteiger partial charge in [-0.1, -0.05) is 19.3 Å². The maximum Gasteiger partial charge on any atom is 0.191 e. The number of nitrogens with zero attached hydrogens (tertiary/aromatic N) is 1. The van der Waals surface area contributed by atoms with E-state index in [1.165, 1.54) is 38.5 Å². The van der Waals surface area contributed by atoms with E-state index in [4.69, 9.17) is 4.74 Å². The van der Waals surface area contributed by atoms with Crippen molar-refractivity contribution in [1.29, 1.82) is 0 Å². The smallest absolute Gasteiger partial charge is 0.191 e. The van der Waals surface area contributed by atoms with Crippen LogP contribution in [-0.4, -0.2) is 39.3 Å². The van der Waals surface area contributed by atoms with Crippen LogP contribution in [0.4, 0.5) is 0 Å². The average molecular weight is 253 g/mol. The Labute approximate surface area is 111 Å². The largest absolute Gasteiger partial charge is 0.385 e. The van der Waals surface area contributed by atoms with Crippen LogP contribution in [0.5, 0.6) is 0 Å². The van der Waals surface area contributed by atoms with Crippen molar-refractivity contribution in [3.63, 3.8) is 0 Å². The van der Waals surface area contributed by atoms with Gasteiger partial charge in [-0.2, -0.15) is 0 Å². The molecule has 18 heavy (non-hydrogen) atoms. The summed E-state index contributed by atoms with van der Waals surface area (Å²) in [6.07, 6.45) is 9.11. The molecule has 0 atom stereocenters. The highest BCUT2D eigenvalue weighted by Crippen LogP contribution is 2.38. The Morgan fingerprint density at radius 3 is 2.78 bits per heavy atom. The van der Waals surface area contributed by atoms with Crippen molar-refractivity contribution in [2.24, 2.45) is 10.4 Å². The zero-order chi connectivity index (χ0) is 12.7. The van der Waals surface area contributed by atoms with Crippen LogP contribution in [0.1, 0.15) is 44.9 Å². The quantitative estimate of drug-likeness (QED) is 0.787. The lowest BCUT2D eigenvalue weighted by Crippen LogP contribution is -2.46. The molecule has 1 aliphatic carbocycles. The number of ether oxygens (including phenoxy) is 1. The Bertz CT molecular complexity index is 272. The van der Waals surface area contributed by atoms with Gasteiger partial charge in [0.25, 0.3) is 0 Å². The van der Waals surface area contributed by atoms with E-state index in [1.54, 1.807) is 7.11 Å². The number of hydrogen-bond donors (Lipinski definition) is 2. The first-order chi connectivity index (χ1) is 8.85. The van der Waals surface area contributed by atoms with Crippen molar-refractivity contribution in [2.75, 3.05) is 33.4 Å². The molecule has 0 aromatic carbocycles. The van der Waals surface area contributed by atoms with Gasteiger partial charge in [0.15, 0.2) is 5.96 Å². The highest BCUT2D eigenvalue weighted by molar-refractivity contribution is 5.80. The molecule has 2 N–H and O–H groups in total. The summed E-state index contributed by atoms with van der Waals surface area (Å²) in [5.41, 5.74) is 0.426. The van der Waals surface area contributed by atoms with Gasteiger partial charge in [0.1, 0.15) is 0 Å². The van der Waals surface area contributed by atoms with E-state index >= 15 is 0 Å². The third kappa shape index (κ3) is 3.87. The molecule has 0 aromatic rings. The Balaban J connectivity index is 1.85. The summed E-state index contributed by atoms with van der Waals surface area (Å²) in [7, 11) is 1.80. The predicted octanol–water partition coefficient (Wildman–Crippen LogP) is 1.91. The fraction of sp³-hybridized carbons (Fsp3) is 0.929. The first kappa shape index (κ1) is 13.7. The van der Waals surface area contributed by atoms with Gasteiger partial charge in [0, 0.05) is 33.4 Å². The molecule has 0 aromatic heterocycles. The van der Waals surface area contributed by atoms with Crippen molar-refractivity contribution in [3.8, 4) is 0 Å². The zero-order valence-corrected chi connectivity index (χ0v) is 11.6. The van der Waals surface area contributed by atoms with Crippen molar-refractivity contribution in [1.82, 2.24) is 10.6 Å².